The normalized spacial score (nSPS) is 11.0. The van der Waals surface area contributed by atoms with Gasteiger partial charge in [0.2, 0.25) is 9.84 Å². The predicted molar refractivity (Wildman–Crippen MR) is 79.6 cm³/mol. The van der Waals surface area contributed by atoms with Crippen LogP contribution in [0.3, 0.4) is 0 Å². The van der Waals surface area contributed by atoms with Crippen LogP contribution in [0.15, 0.2) is 58.5 Å². The summed E-state index contributed by atoms with van der Waals surface area (Å²) in [6.07, 6.45) is 0. The Balaban J connectivity index is 2.33. The smallest absolute Gasteiger partial charge is 0.223 e. The number of H-pyrrole nitrogens is 1. The van der Waals surface area contributed by atoms with Crippen LogP contribution in [-0.4, -0.2) is 13.4 Å². The number of benzene rings is 2. The summed E-state index contributed by atoms with van der Waals surface area (Å²) in [7, 11) is -3.82. The van der Waals surface area contributed by atoms with Crippen LogP contribution in [0.4, 0.5) is 0 Å². The second kappa shape index (κ2) is 5.03. The van der Waals surface area contributed by atoms with Gasteiger partial charge in [0.1, 0.15) is 6.07 Å². The van der Waals surface area contributed by atoms with Crippen LogP contribution in [0.2, 0.25) is 0 Å². The third kappa shape index (κ3) is 2.03. The fourth-order valence-electron chi connectivity index (χ4n) is 2.27. The highest BCUT2D eigenvalue weighted by atomic mass is 32.2. The van der Waals surface area contributed by atoms with Crippen molar-refractivity contribution in [2.45, 2.75) is 9.92 Å². The molecule has 0 spiro atoms. The molecule has 106 valence electrons. The quantitative estimate of drug-likeness (QED) is 0.787. The number of sulfone groups is 1. The zero-order valence-corrected chi connectivity index (χ0v) is 12.1. The van der Waals surface area contributed by atoms with Gasteiger partial charge in [-0.2, -0.15) is 10.5 Å². The molecule has 0 saturated carbocycles. The van der Waals surface area contributed by atoms with Gasteiger partial charge < -0.3 is 4.98 Å². The highest BCUT2D eigenvalue weighted by molar-refractivity contribution is 7.91. The molecule has 0 unspecified atom stereocenters. The van der Waals surface area contributed by atoms with Gasteiger partial charge >= 0.3 is 0 Å². The number of nitrogens with one attached hydrogen (secondary N) is 1. The molecule has 5 nitrogen and oxygen atoms in total. The van der Waals surface area contributed by atoms with Crippen molar-refractivity contribution in [2.75, 3.05) is 0 Å². The Morgan fingerprint density at radius 3 is 2.32 bits per heavy atom. The first-order chi connectivity index (χ1) is 10.6. The molecular weight excluding hydrogens is 298 g/mol. The van der Waals surface area contributed by atoms with Crippen molar-refractivity contribution in [2.24, 2.45) is 0 Å². The Morgan fingerprint density at radius 1 is 0.955 bits per heavy atom. The lowest BCUT2D eigenvalue weighted by Gasteiger charge is -2.02. The minimum Gasteiger partial charge on any atom is -0.344 e. The molecule has 2 aromatic carbocycles. The highest BCUT2D eigenvalue weighted by Gasteiger charge is 2.25. The lowest BCUT2D eigenvalue weighted by Crippen LogP contribution is -2.04. The molecular formula is C16H9N3O2S. The van der Waals surface area contributed by atoms with Crippen molar-refractivity contribution >= 4 is 20.7 Å². The van der Waals surface area contributed by atoms with E-state index in [9.17, 15) is 13.7 Å². The van der Waals surface area contributed by atoms with Gasteiger partial charge in [-0.25, -0.2) is 8.42 Å². The molecule has 3 rings (SSSR count). The van der Waals surface area contributed by atoms with Crippen molar-refractivity contribution in [1.29, 1.82) is 10.5 Å². The number of nitriles is 2. The molecule has 0 aliphatic carbocycles. The Morgan fingerprint density at radius 2 is 1.68 bits per heavy atom. The highest BCUT2D eigenvalue weighted by Crippen LogP contribution is 2.29. The van der Waals surface area contributed by atoms with Crippen LogP contribution in [0.5, 0.6) is 0 Å². The maximum Gasteiger partial charge on any atom is 0.223 e. The van der Waals surface area contributed by atoms with Crippen molar-refractivity contribution in [1.82, 2.24) is 4.98 Å². The maximum absolute atomic E-state index is 12.7. The average Bonchev–Trinajstić information content (AvgIpc) is 2.94. The van der Waals surface area contributed by atoms with Gasteiger partial charge in [-0.05, 0) is 30.3 Å². The topological polar surface area (TPSA) is 97.5 Å². The predicted octanol–water partition coefficient (Wildman–Crippen LogP) is 2.74. The molecule has 3 aromatic rings. The molecule has 0 saturated heterocycles. The minimum atomic E-state index is -3.82. The van der Waals surface area contributed by atoms with E-state index in [1.54, 1.807) is 30.3 Å². The van der Waals surface area contributed by atoms with Crippen molar-refractivity contribution < 1.29 is 8.42 Å². The lowest BCUT2D eigenvalue weighted by atomic mass is 10.1. The summed E-state index contributed by atoms with van der Waals surface area (Å²) in [6, 6.07) is 16.5. The molecule has 0 bridgehead atoms. The average molecular weight is 307 g/mol. The van der Waals surface area contributed by atoms with E-state index in [0.29, 0.717) is 16.5 Å². The summed E-state index contributed by atoms with van der Waals surface area (Å²) in [5.41, 5.74) is 0.896. The second-order valence-corrected chi connectivity index (χ2v) is 6.52. The number of aromatic nitrogens is 1. The summed E-state index contributed by atoms with van der Waals surface area (Å²) >= 11 is 0. The summed E-state index contributed by atoms with van der Waals surface area (Å²) in [5, 5.41) is 18.6. The molecule has 1 N–H and O–H groups in total. The number of nitrogens with zero attached hydrogens (tertiary/aromatic N) is 2. The van der Waals surface area contributed by atoms with Gasteiger partial charge in [0.05, 0.1) is 22.1 Å². The lowest BCUT2D eigenvalue weighted by molar-refractivity contribution is 0.593. The van der Waals surface area contributed by atoms with Crippen molar-refractivity contribution in [3.63, 3.8) is 0 Å². The van der Waals surface area contributed by atoms with Crippen molar-refractivity contribution in [3.05, 3.63) is 59.7 Å². The van der Waals surface area contributed by atoms with E-state index in [1.807, 2.05) is 12.1 Å². The Hall–Kier alpha value is -3.09. The van der Waals surface area contributed by atoms with E-state index in [0.717, 1.165) is 0 Å². The molecule has 6 heteroatoms. The number of aromatic amines is 1. The molecule has 0 amide bonds. The van der Waals surface area contributed by atoms with E-state index >= 15 is 0 Å². The van der Waals surface area contributed by atoms with Gasteiger partial charge in [-0.1, -0.05) is 18.2 Å². The van der Waals surface area contributed by atoms with Crippen LogP contribution in [0.25, 0.3) is 10.9 Å². The molecule has 0 aliphatic heterocycles. The third-order valence-corrected chi connectivity index (χ3v) is 5.06. The summed E-state index contributed by atoms with van der Waals surface area (Å²) in [4.78, 5) is 2.90. The molecule has 0 atom stereocenters. The molecule has 0 radical (unpaired) electrons. The molecule has 1 heterocycles. The number of rotatable bonds is 2. The van der Waals surface area contributed by atoms with Crippen LogP contribution in [0, 0.1) is 22.7 Å². The molecule has 22 heavy (non-hydrogen) atoms. The summed E-state index contributed by atoms with van der Waals surface area (Å²) in [6.45, 7) is 0. The Bertz CT molecular complexity index is 1050. The van der Waals surface area contributed by atoms with Gasteiger partial charge in [0.15, 0.2) is 5.03 Å². The zero-order chi connectivity index (χ0) is 15.7. The van der Waals surface area contributed by atoms with Gasteiger partial charge in [-0.15, -0.1) is 0 Å². The van der Waals surface area contributed by atoms with Gasteiger partial charge in [0, 0.05) is 10.9 Å². The molecule has 0 aliphatic rings. The van der Waals surface area contributed by atoms with Crippen LogP contribution in [0.1, 0.15) is 11.1 Å². The molecule has 1 aromatic heterocycles. The van der Waals surface area contributed by atoms with E-state index in [2.05, 4.69) is 4.98 Å². The third-order valence-electron chi connectivity index (χ3n) is 3.33. The van der Waals surface area contributed by atoms with Crippen molar-refractivity contribution in [3.8, 4) is 12.1 Å². The standard InChI is InChI=1S/C16H9N3O2S/c17-9-11-6-7-15-13(8-11)14(10-18)16(19-15)22(20,21)12-4-2-1-3-5-12/h1-8,19H. The Kier molecular flexibility index (Phi) is 3.17. The number of hydrogen-bond donors (Lipinski definition) is 1. The fraction of sp³-hybridized carbons (Fsp3) is 0. The summed E-state index contributed by atoms with van der Waals surface area (Å²) in [5.74, 6) is 0. The number of fused-ring (bicyclic) bond motifs is 1. The van der Waals surface area contributed by atoms with E-state index in [-0.39, 0.29) is 15.5 Å². The van der Waals surface area contributed by atoms with E-state index < -0.39 is 9.84 Å². The van der Waals surface area contributed by atoms with Gasteiger partial charge in [-0.3, -0.25) is 0 Å². The Labute approximate surface area is 127 Å². The zero-order valence-electron chi connectivity index (χ0n) is 11.2. The van der Waals surface area contributed by atoms with E-state index in [4.69, 9.17) is 5.26 Å². The second-order valence-electron chi connectivity index (χ2n) is 4.63. The first kappa shape index (κ1) is 13.9. The first-order valence-electron chi connectivity index (χ1n) is 6.34. The van der Waals surface area contributed by atoms with Crippen LogP contribution in [-0.2, 0) is 9.84 Å². The van der Waals surface area contributed by atoms with Gasteiger partial charge in [0.25, 0.3) is 0 Å². The number of hydrogen-bond acceptors (Lipinski definition) is 4. The van der Waals surface area contributed by atoms with Crippen LogP contribution < -0.4 is 0 Å². The fourth-order valence-corrected chi connectivity index (χ4v) is 3.69. The van der Waals surface area contributed by atoms with Crippen LogP contribution >= 0.6 is 0 Å². The van der Waals surface area contributed by atoms with E-state index in [1.165, 1.54) is 18.2 Å². The largest absolute Gasteiger partial charge is 0.344 e. The first-order valence-corrected chi connectivity index (χ1v) is 7.82. The monoisotopic (exact) mass is 307 g/mol. The SMILES string of the molecule is N#Cc1ccc2[nH]c(S(=O)(=O)c3ccccc3)c(C#N)c2c1. The minimum absolute atomic E-state index is 0.0240. The maximum atomic E-state index is 12.7. The molecule has 0 fully saturated rings. The summed E-state index contributed by atoms with van der Waals surface area (Å²) < 4.78 is 25.4.